The Morgan fingerprint density at radius 3 is 1.81 bits per heavy atom. The largest absolute Gasteiger partial charge is 0.314 e. The number of piperazine rings is 2. The molecule has 0 aromatic carbocycles. The van der Waals surface area contributed by atoms with E-state index in [2.05, 4.69) is 22.6 Å². The van der Waals surface area contributed by atoms with Crippen LogP contribution in [0.4, 0.5) is 0 Å². The molecule has 0 aliphatic carbocycles. The van der Waals surface area contributed by atoms with Gasteiger partial charge in [0, 0.05) is 52.4 Å². The predicted molar refractivity (Wildman–Crippen MR) is 66.4 cm³/mol. The second-order valence-corrected chi connectivity index (χ2v) is 4.15. The van der Waals surface area contributed by atoms with Crippen LogP contribution in [0.15, 0.2) is 0 Å². The Labute approximate surface area is 99.1 Å². The standard InChI is InChI=1S/C6H14N2O.C5H12N2/c1-2-9-8-5-3-7-4-6-8;1-7-4-2-6-3-5-7/h7H,2-6H2,1H3;6H,2-5H2,1H3. The van der Waals surface area contributed by atoms with Gasteiger partial charge in [-0.25, -0.2) is 0 Å². The van der Waals surface area contributed by atoms with Crippen molar-refractivity contribution in [3.8, 4) is 0 Å². The molecule has 2 fully saturated rings. The number of hydrogen-bond donors (Lipinski definition) is 2. The lowest BCUT2D eigenvalue weighted by Gasteiger charge is -2.25. The third-order valence-electron chi connectivity index (χ3n) is 2.73. The monoisotopic (exact) mass is 230 g/mol. The smallest absolute Gasteiger partial charge is 0.0656 e. The second kappa shape index (κ2) is 8.90. The molecule has 2 saturated heterocycles. The van der Waals surface area contributed by atoms with Gasteiger partial charge in [0.1, 0.15) is 0 Å². The van der Waals surface area contributed by atoms with Crippen molar-refractivity contribution in [2.75, 3.05) is 66.0 Å². The van der Waals surface area contributed by atoms with Gasteiger partial charge < -0.3 is 15.5 Å². The van der Waals surface area contributed by atoms with Gasteiger partial charge in [0.2, 0.25) is 0 Å². The number of hydrogen-bond acceptors (Lipinski definition) is 5. The van der Waals surface area contributed by atoms with Crippen LogP contribution in [0.25, 0.3) is 0 Å². The van der Waals surface area contributed by atoms with Crippen molar-refractivity contribution in [3.05, 3.63) is 0 Å². The number of nitrogens with one attached hydrogen (secondary N) is 2. The average molecular weight is 230 g/mol. The first kappa shape index (κ1) is 13.9. The van der Waals surface area contributed by atoms with E-state index >= 15 is 0 Å². The number of rotatable bonds is 2. The van der Waals surface area contributed by atoms with Crippen LogP contribution in [0, 0.1) is 0 Å². The summed E-state index contributed by atoms with van der Waals surface area (Å²) in [6.45, 7) is 11.7. The molecule has 5 nitrogen and oxygen atoms in total. The predicted octanol–water partition coefficient (Wildman–Crippen LogP) is -0.635. The molecule has 2 aliphatic heterocycles. The molecule has 5 heteroatoms. The van der Waals surface area contributed by atoms with E-state index in [1.54, 1.807) is 0 Å². The Hall–Kier alpha value is -0.200. The molecule has 16 heavy (non-hydrogen) atoms. The molecule has 96 valence electrons. The quantitative estimate of drug-likeness (QED) is 0.661. The molecule has 0 saturated carbocycles. The first-order valence-corrected chi connectivity index (χ1v) is 6.30. The van der Waals surface area contributed by atoms with Gasteiger partial charge in [0.25, 0.3) is 0 Å². The third kappa shape index (κ3) is 6.40. The van der Waals surface area contributed by atoms with Crippen molar-refractivity contribution in [1.82, 2.24) is 20.6 Å². The summed E-state index contributed by atoms with van der Waals surface area (Å²) >= 11 is 0. The van der Waals surface area contributed by atoms with E-state index in [0.29, 0.717) is 0 Å². The van der Waals surface area contributed by atoms with Gasteiger partial charge in [0.15, 0.2) is 0 Å². The number of likely N-dealkylation sites (N-methyl/N-ethyl adjacent to an activating group) is 1. The summed E-state index contributed by atoms with van der Waals surface area (Å²) in [6.07, 6.45) is 0. The molecule has 0 unspecified atom stereocenters. The van der Waals surface area contributed by atoms with Crippen LogP contribution in [0.5, 0.6) is 0 Å². The highest BCUT2D eigenvalue weighted by Crippen LogP contribution is 1.91. The van der Waals surface area contributed by atoms with Crippen LogP contribution in [-0.2, 0) is 4.84 Å². The highest BCUT2D eigenvalue weighted by atomic mass is 16.7. The van der Waals surface area contributed by atoms with E-state index in [-0.39, 0.29) is 0 Å². The summed E-state index contributed by atoms with van der Waals surface area (Å²) in [5, 5.41) is 8.54. The minimum Gasteiger partial charge on any atom is -0.314 e. The zero-order valence-electron chi connectivity index (χ0n) is 10.7. The molecule has 2 rings (SSSR count). The Balaban J connectivity index is 0.000000165. The lowest BCUT2D eigenvalue weighted by Crippen LogP contribution is -2.43. The van der Waals surface area contributed by atoms with E-state index in [9.17, 15) is 0 Å². The summed E-state index contributed by atoms with van der Waals surface area (Å²) in [6, 6.07) is 0. The molecule has 2 N–H and O–H groups in total. The van der Waals surface area contributed by atoms with Crippen molar-refractivity contribution in [1.29, 1.82) is 0 Å². The van der Waals surface area contributed by atoms with Crippen LogP contribution in [0.1, 0.15) is 6.92 Å². The summed E-state index contributed by atoms with van der Waals surface area (Å²) in [7, 11) is 2.15. The summed E-state index contributed by atoms with van der Waals surface area (Å²) in [5.74, 6) is 0. The summed E-state index contributed by atoms with van der Waals surface area (Å²) in [5.41, 5.74) is 0. The van der Waals surface area contributed by atoms with Crippen molar-refractivity contribution in [3.63, 3.8) is 0 Å². The van der Waals surface area contributed by atoms with Crippen molar-refractivity contribution >= 4 is 0 Å². The van der Waals surface area contributed by atoms with Crippen LogP contribution in [0.2, 0.25) is 0 Å². The molecule has 0 amide bonds. The van der Waals surface area contributed by atoms with E-state index in [1.165, 1.54) is 13.1 Å². The molecular formula is C11H26N4O. The normalized spacial score (nSPS) is 23.6. The van der Waals surface area contributed by atoms with Crippen LogP contribution >= 0.6 is 0 Å². The average Bonchev–Trinajstić information content (AvgIpc) is 2.33. The van der Waals surface area contributed by atoms with Crippen molar-refractivity contribution in [2.24, 2.45) is 0 Å². The summed E-state index contributed by atoms with van der Waals surface area (Å²) in [4.78, 5) is 7.61. The van der Waals surface area contributed by atoms with Gasteiger partial charge in [0.05, 0.1) is 6.61 Å². The van der Waals surface area contributed by atoms with Crippen LogP contribution in [0.3, 0.4) is 0 Å². The maximum absolute atomic E-state index is 5.28. The number of hydroxylamine groups is 2. The zero-order valence-corrected chi connectivity index (χ0v) is 10.7. The highest BCUT2D eigenvalue weighted by molar-refractivity contribution is 4.62. The van der Waals surface area contributed by atoms with Gasteiger partial charge in [-0.3, -0.25) is 4.84 Å². The molecular weight excluding hydrogens is 204 g/mol. The first-order chi connectivity index (χ1) is 7.83. The maximum Gasteiger partial charge on any atom is 0.0656 e. The fourth-order valence-electron chi connectivity index (χ4n) is 1.73. The van der Waals surface area contributed by atoms with E-state index < -0.39 is 0 Å². The van der Waals surface area contributed by atoms with Crippen molar-refractivity contribution in [2.45, 2.75) is 6.92 Å². The summed E-state index contributed by atoms with van der Waals surface area (Å²) < 4.78 is 0. The minimum absolute atomic E-state index is 0.792. The van der Waals surface area contributed by atoms with Crippen LogP contribution in [-0.4, -0.2) is 76.0 Å². The van der Waals surface area contributed by atoms with Crippen LogP contribution < -0.4 is 10.6 Å². The van der Waals surface area contributed by atoms with Gasteiger partial charge in [-0.05, 0) is 14.0 Å². The van der Waals surface area contributed by atoms with Gasteiger partial charge in [-0.1, -0.05) is 0 Å². The van der Waals surface area contributed by atoms with E-state index in [1.807, 2.05) is 12.0 Å². The minimum atomic E-state index is 0.792. The Morgan fingerprint density at radius 2 is 1.44 bits per heavy atom. The lowest BCUT2D eigenvalue weighted by molar-refractivity contribution is -0.159. The fraction of sp³-hybridized carbons (Fsp3) is 1.00. The Bertz CT molecular complexity index is 153. The maximum atomic E-state index is 5.28. The third-order valence-corrected chi connectivity index (χ3v) is 2.73. The van der Waals surface area contributed by atoms with Crippen molar-refractivity contribution < 1.29 is 4.84 Å². The zero-order chi connectivity index (χ0) is 11.6. The Morgan fingerprint density at radius 1 is 0.938 bits per heavy atom. The SMILES string of the molecule is CCON1CCNCC1.CN1CCNCC1. The lowest BCUT2D eigenvalue weighted by atomic mass is 10.4. The molecule has 0 atom stereocenters. The van der Waals surface area contributed by atoms with Gasteiger partial charge in [-0.15, -0.1) is 0 Å². The number of nitrogens with zero attached hydrogens (tertiary/aromatic N) is 2. The van der Waals surface area contributed by atoms with E-state index in [0.717, 1.165) is 45.9 Å². The molecule has 0 aromatic rings. The van der Waals surface area contributed by atoms with Gasteiger partial charge >= 0.3 is 0 Å². The Kier molecular flexibility index (Phi) is 7.71. The fourth-order valence-corrected chi connectivity index (χ4v) is 1.73. The molecule has 0 radical (unpaired) electrons. The molecule has 0 aromatic heterocycles. The highest BCUT2D eigenvalue weighted by Gasteiger charge is 2.07. The molecule has 0 bridgehead atoms. The molecule has 2 aliphatic rings. The molecule has 2 heterocycles. The van der Waals surface area contributed by atoms with E-state index in [4.69, 9.17) is 4.84 Å². The molecule has 0 spiro atoms. The first-order valence-electron chi connectivity index (χ1n) is 6.30. The second-order valence-electron chi connectivity index (χ2n) is 4.15. The van der Waals surface area contributed by atoms with Gasteiger partial charge in [-0.2, -0.15) is 5.06 Å². The topological polar surface area (TPSA) is 39.8 Å².